The van der Waals surface area contributed by atoms with Crippen LogP contribution in [0.4, 0.5) is 14.9 Å². The van der Waals surface area contributed by atoms with Gasteiger partial charge >= 0.3 is 6.03 Å². The summed E-state index contributed by atoms with van der Waals surface area (Å²) in [6.45, 7) is 4.19. The van der Waals surface area contributed by atoms with Crippen molar-refractivity contribution in [3.8, 4) is 10.6 Å². The average molecular weight is 370 g/mol. The molecule has 134 valence electrons. The van der Waals surface area contributed by atoms with Gasteiger partial charge in [-0.2, -0.15) is 5.10 Å². The van der Waals surface area contributed by atoms with Crippen LogP contribution in [0.15, 0.2) is 35.7 Å². The lowest BCUT2D eigenvalue weighted by molar-refractivity contribution is 0.182. The van der Waals surface area contributed by atoms with Gasteiger partial charge in [0.2, 0.25) is 0 Å². The number of nitrogens with one attached hydrogen (secondary N) is 2. The molecule has 3 heterocycles. The molecule has 0 spiro atoms. The molecule has 2 N–H and O–H groups in total. The molecule has 0 bridgehead atoms. The zero-order valence-corrected chi connectivity index (χ0v) is 15.4. The van der Waals surface area contributed by atoms with Gasteiger partial charge < -0.3 is 10.2 Å². The van der Waals surface area contributed by atoms with Crippen LogP contribution in [-0.2, 0) is 13.0 Å². The molecule has 1 atom stereocenters. The van der Waals surface area contributed by atoms with Crippen LogP contribution in [0, 0.1) is 12.7 Å². The first-order chi connectivity index (χ1) is 12.5. The number of carbonyl (C=O) groups excluding carboxylic acids is 1. The van der Waals surface area contributed by atoms with Gasteiger partial charge in [0, 0.05) is 29.4 Å². The molecule has 3 aromatic rings. The van der Waals surface area contributed by atoms with Crippen LogP contribution in [0.1, 0.15) is 23.7 Å². The monoisotopic (exact) mass is 370 g/mol. The first-order valence-electron chi connectivity index (χ1n) is 8.46. The Balaban J connectivity index is 1.57. The Morgan fingerprint density at radius 3 is 3.00 bits per heavy atom. The predicted octanol–water partition coefficient (Wildman–Crippen LogP) is 4.56. The zero-order valence-electron chi connectivity index (χ0n) is 14.5. The maximum atomic E-state index is 13.4. The van der Waals surface area contributed by atoms with Crippen molar-refractivity contribution < 1.29 is 9.18 Å². The second kappa shape index (κ2) is 6.57. The van der Waals surface area contributed by atoms with E-state index in [9.17, 15) is 9.18 Å². The standard InChI is InChI=1S/C19H19FN4OS/c1-11-8-13(5-6-15(11)20)21-19(25)24-10-14-16(9-12(24)2)22-23-18(14)17-4-3-7-26-17/h3-8,12H,9-10H2,1-2H3,(H,21,25)(H,22,23)/t12-/m1/s1. The molecule has 0 radical (unpaired) electrons. The Hall–Kier alpha value is -2.67. The quantitative estimate of drug-likeness (QED) is 0.694. The van der Waals surface area contributed by atoms with Gasteiger partial charge in [-0.1, -0.05) is 6.07 Å². The molecule has 0 aliphatic carbocycles. The average Bonchev–Trinajstić information content (AvgIpc) is 3.26. The minimum Gasteiger partial charge on any atom is -0.317 e. The molecule has 0 saturated carbocycles. The van der Waals surface area contributed by atoms with E-state index in [1.165, 1.54) is 6.07 Å². The van der Waals surface area contributed by atoms with Crippen LogP contribution in [-0.4, -0.2) is 27.2 Å². The lowest BCUT2D eigenvalue weighted by atomic mass is 9.99. The number of urea groups is 1. The number of anilines is 1. The van der Waals surface area contributed by atoms with Gasteiger partial charge in [0.05, 0.1) is 11.4 Å². The van der Waals surface area contributed by atoms with E-state index in [2.05, 4.69) is 15.5 Å². The van der Waals surface area contributed by atoms with Gasteiger partial charge in [0.25, 0.3) is 0 Å². The Bertz CT molecular complexity index is 951. The smallest absolute Gasteiger partial charge is 0.317 e. The number of aromatic nitrogens is 2. The number of hydrogen-bond donors (Lipinski definition) is 2. The highest BCUT2D eigenvalue weighted by atomic mass is 32.1. The van der Waals surface area contributed by atoms with Crippen LogP contribution in [0.2, 0.25) is 0 Å². The molecule has 1 aliphatic rings. The van der Waals surface area contributed by atoms with Gasteiger partial charge in [-0.3, -0.25) is 5.10 Å². The van der Waals surface area contributed by atoms with Gasteiger partial charge in [-0.05, 0) is 49.1 Å². The second-order valence-corrected chi connectivity index (χ2v) is 7.53. The lowest BCUT2D eigenvalue weighted by Crippen LogP contribution is -2.44. The summed E-state index contributed by atoms with van der Waals surface area (Å²) in [5, 5.41) is 12.5. The summed E-state index contributed by atoms with van der Waals surface area (Å²) in [4.78, 5) is 15.7. The number of rotatable bonds is 2. The summed E-state index contributed by atoms with van der Waals surface area (Å²) in [6.07, 6.45) is 0.726. The van der Waals surface area contributed by atoms with Crippen molar-refractivity contribution in [2.24, 2.45) is 0 Å². The largest absolute Gasteiger partial charge is 0.322 e. The zero-order chi connectivity index (χ0) is 18.3. The third-order valence-corrected chi connectivity index (χ3v) is 5.61. The van der Waals surface area contributed by atoms with Crippen LogP contribution < -0.4 is 5.32 Å². The molecule has 2 amide bonds. The number of amides is 2. The molecule has 1 aliphatic heterocycles. The molecular formula is C19H19FN4OS. The molecule has 1 aromatic carbocycles. The lowest BCUT2D eigenvalue weighted by Gasteiger charge is -2.33. The number of hydrogen-bond acceptors (Lipinski definition) is 3. The Kier molecular flexibility index (Phi) is 4.24. The maximum absolute atomic E-state index is 13.4. The molecule has 0 saturated heterocycles. The van der Waals surface area contributed by atoms with Crippen molar-refractivity contribution in [1.29, 1.82) is 0 Å². The highest BCUT2D eigenvalue weighted by Crippen LogP contribution is 2.33. The summed E-state index contributed by atoms with van der Waals surface area (Å²) >= 11 is 1.63. The Labute approximate surface area is 154 Å². The Morgan fingerprint density at radius 1 is 1.42 bits per heavy atom. The normalized spacial score (nSPS) is 16.4. The fourth-order valence-electron chi connectivity index (χ4n) is 3.28. The van der Waals surface area contributed by atoms with Gasteiger partial charge in [0.1, 0.15) is 11.5 Å². The summed E-state index contributed by atoms with van der Waals surface area (Å²) < 4.78 is 13.4. The van der Waals surface area contributed by atoms with E-state index < -0.39 is 0 Å². The van der Waals surface area contributed by atoms with E-state index in [1.54, 1.807) is 35.3 Å². The van der Waals surface area contributed by atoms with Crippen LogP contribution in [0.25, 0.3) is 10.6 Å². The second-order valence-electron chi connectivity index (χ2n) is 6.58. The van der Waals surface area contributed by atoms with Gasteiger partial charge in [-0.15, -0.1) is 11.3 Å². The van der Waals surface area contributed by atoms with Crippen molar-refractivity contribution in [3.05, 3.63) is 58.3 Å². The van der Waals surface area contributed by atoms with Crippen LogP contribution in [0.5, 0.6) is 0 Å². The number of aryl methyl sites for hydroxylation is 1. The predicted molar refractivity (Wildman–Crippen MR) is 101 cm³/mol. The maximum Gasteiger partial charge on any atom is 0.322 e. The van der Waals surface area contributed by atoms with Crippen molar-refractivity contribution in [2.75, 3.05) is 5.32 Å². The van der Waals surface area contributed by atoms with Crippen molar-refractivity contribution >= 4 is 23.1 Å². The fourth-order valence-corrected chi connectivity index (χ4v) is 4.02. The minimum atomic E-state index is -0.280. The molecule has 7 heteroatoms. The van der Waals surface area contributed by atoms with Crippen molar-refractivity contribution in [1.82, 2.24) is 15.1 Å². The molecule has 4 rings (SSSR count). The van der Waals surface area contributed by atoms with E-state index in [0.29, 0.717) is 17.8 Å². The summed E-state index contributed by atoms with van der Waals surface area (Å²) in [6, 6.07) is 8.47. The first-order valence-corrected chi connectivity index (χ1v) is 9.34. The number of H-pyrrole nitrogens is 1. The number of nitrogens with zero attached hydrogens (tertiary/aromatic N) is 2. The number of fused-ring (bicyclic) bond motifs is 1. The number of aromatic amines is 1. The molecule has 0 fully saturated rings. The van der Waals surface area contributed by atoms with Crippen LogP contribution >= 0.6 is 11.3 Å². The third kappa shape index (κ3) is 2.99. The molecule has 26 heavy (non-hydrogen) atoms. The highest BCUT2D eigenvalue weighted by Gasteiger charge is 2.31. The minimum absolute atomic E-state index is 0.0423. The number of halogens is 1. The Morgan fingerprint density at radius 2 is 2.27 bits per heavy atom. The first kappa shape index (κ1) is 16.8. The summed E-state index contributed by atoms with van der Waals surface area (Å²) in [5.41, 5.74) is 4.17. The van der Waals surface area contributed by atoms with E-state index in [0.717, 1.165) is 28.2 Å². The van der Waals surface area contributed by atoms with Crippen molar-refractivity contribution in [2.45, 2.75) is 32.9 Å². The van der Waals surface area contributed by atoms with Gasteiger partial charge in [-0.25, -0.2) is 9.18 Å². The molecule has 5 nitrogen and oxygen atoms in total. The number of thiophene rings is 1. The summed E-state index contributed by atoms with van der Waals surface area (Å²) in [5.74, 6) is -0.280. The number of benzene rings is 1. The van der Waals surface area contributed by atoms with Crippen molar-refractivity contribution in [3.63, 3.8) is 0 Å². The van der Waals surface area contributed by atoms with Gasteiger partial charge in [0.15, 0.2) is 0 Å². The van der Waals surface area contributed by atoms with E-state index in [1.807, 2.05) is 24.4 Å². The topological polar surface area (TPSA) is 61.0 Å². The summed E-state index contributed by atoms with van der Waals surface area (Å²) in [7, 11) is 0. The molecule has 2 aromatic heterocycles. The molecular weight excluding hydrogens is 351 g/mol. The van der Waals surface area contributed by atoms with E-state index in [-0.39, 0.29) is 17.9 Å². The van der Waals surface area contributed by atoms with Crippen LogP contribution in [0.3, 0.4) is 0 Å². The fraction of sp³-hybridized carbons (Fsp3) is 0.263. The van der Waals surface area contributed by atoms with E-state index >= 15 is 0 Å². The highest BCUT2D eigenvalue weighted by molar-refractivity contribution is 7.13. The SMILES string of the molecule is Cc1cc(NC(=O)N2Cc3c(-c4cccs4)n[nH]c3C[C@H]2C)ccc1F. The van der Waals surface area contributed by atoms with E-state index in [4.69, 9.17) is 0 Å². The molecule has 0 unspecified atom stereocenters. The number of carbonyl (C=O) groups is 1. The third-order valence-electron chi connectivity index (χ3n) is 4.74.